The fourth-order valence-corrected chi connectivity index (χ4v) is 6.78. The zero-order valence-corrected chi connectivity index (χ0v) is 23.2. The molecule has 2 nitrogen and oxygen atoms in total. The second kappa shape index (κ2) is 12.8. The van der Waals surface area contributed by atoms with Crippen molar-refractivity contribution in [1.29, 1.82) is 0 Å². The van der Waals surface area contributed by atoms with Crippen LogP contribution in [0.5, 0.6) is 5.75 Å². The van der Waals surface area contributed by atoms with Crippen LogP contribution >= 0.6 is 23.4 Å². The summed E-state index contributed by atoms with van der Waals surface area (Å²) in [6.45, 7) is 0.835. The first-order valence-electron chi connectivity index (χ1n) is 11.7. The molecule has 210 valence electrons. The lowest BCUT2D eigenvalue weighted by molar-refractivity contribution is -0.138. The number of benzene rings is 4. The van der Waals surface area contributed by atoms with Crippen LogP contribution in [0, 0.1) is 0 Å². The first-order chi connectivity index (χ1) is 19.0. The number of methoxy groups -OCH3 is 1. The van der Waals surface area contributed by atoms with Gasteiger partial charge >= 0.3 is 12.4 Å². The Bertz CT molecular complexity index is 1350. The van der Waals surface area contributed by atoms with Gasteiger partial charge in [-0.15, -0.1) is 0 Å². The average Bonchev–Trinajstić information content (AvgIpc) is 2.91. The molecule has 0 fully saturated rings. The highest BCUT2D eigenvalue weighted by atomic mass is 35.5. The van der Waals surface area contributed by atoms with Crippen LogP contribution in [0.1, 0.15) is 11.1 Å². The van der Waals surface area contributed by atoms with Gasteiger partial charge in [0.25, 0.3) is 0 Å². The molecular weight excluding hydrogens is 594 g/mol. The van der Waals surface area contributed by atoms with Crippen LogP contribution in [-0.4, -0.2) is 20.3 Å². The molecule has 0 aliphatic carbocycles. The summed E-state index contributed by atoms with van der Waals surface area (Å²) in [6.07, 6.45) is -9.00. The van der Waals surface area contributed by atoms with E-state index in [0.29, 0.717) is 33.8 Å². The maximum Gasteiger partial charge on any atom is 0.416 e. The number of halogens is 7. The van der Waals surface area contributed by atoms with Gasteiger partial charge in [-0.2, -0.15) is 26.3 Å². The summed E-state index contributed by atoms with van der Waals surface area (Å²) in [7, 11) is 0.632. The minimum Gasteiger partial charge on any atom is -0.491 e. The predicted octanol–water partition coefficient (Wildman–Crippen LogP) is 9.65. The normalized spacial score (nSPS) is 12.1. The van der Waals surface area contributed by atoms with Gasteiger partial charge in [0, 0.05) is 16.9 Å². The van der Waals surface area contributed by atoms with Crippen LogP contribution in [0.2, 0.25) is 5.02 Å². The molecule has 4 aromatic carbocycles. The van der Waals surface area contributed by atoms with Gasteiger partial charge in [-0.3, -0.25) is 0 Å². The largest absolute Gasteiger partial charge is 0.491 e. The van der Waals surface area contributed by atoms with Crippen molar-refractivity contribution < 1.29 is 35.8 Å². The fourth-order valence-electron chi connectivity index (χ4n) is 3.64. The molecular formula is C29H22ClF6O2S2+. The SMILES string of the molecule is COCCOc1ccc(Sc2ccc([S+](c3ccc(C(F)(F)F)cc3)c3ccc(C(F)(F)F)cc3)cc2)c(Cl)c1. The summed E-state index contributed by atoms with van der Waals surface area (Å²) in [6, 6.07) is 22.0. The van der Waals surface area contributed by atoms with Crippen molar-refractivity contribution in [2.45, 2.75) is 36.8 Å². The molecule has 0 saturated heterocycles. The third kappa shape index (κ3) is 7.69. The molecule has 0 atom stereocenters. The Morgan fingerprint density at radius 3 is 1.57 bits per heavy atom. The van der Waals surface area contributed by atoms with Crippen LogP contribution in [0.15, 0.2) is 115 Å². The standard InChI is InChI=1S/C29H22ClF6O2S2/c1-37-16-17-38-21-6-15-27(26(30)18-21)39-22-7-13-25(14-8-22)40(23-9-2-19(3-10-23)28(31,32)33)24-11-4-20(5-12-24)29(34,35)36/h2-15,18H,16-17H2,1H3/q+1. The molecule has 11 heteroatoms. The molecule has 0 radical (unpaired) electrons. The van der Waals surface area contributed by atoms with Crippen molar-refractivity contribution in [3.63, 3.8) is 0 Å². The van der Waals surface area contributed by atoms with E-state index in [4.69, 9.17) is 21.1 Å². The quantitative estimate of drug-likeness (QED) is 0.106. The Hall–Kier alpha value is -2.79. The number of alkyl halides is 6. The van der Waals surface area contributed by atoms with Gasteiger partial charge in [0.15, 0.2) is 14.7 Å². The highest BCUT2D eigenvalue weighted by Gasteiger charge is 2.35. The van der Waals surface area contributed by atoms with Crippen molar-refractivity contribution in [3.8, 4) is 5.75 Å². The second-order valence-corrected chi connectivity index (χ2v) is 11.9. The average molecular weight is 616 g/mol. The lowest BCUT2D eigenvalue weighted by atomic mass is 10.2. The maximum absolute atomic E-state index is 13.1. The van der Waals surface area contributed by atoms with E-state index in [1.165, 1.54) is 36.0 Å². The third-order valence-electron chi connectivity index (χ3n) is 5.58. The molecule has 0 amide bonds. The van der Waals surface area contributed by atoms with Crippen LogP contribution in [-0.2, 0) is 28.0 Å². The first kappa shape index (κ1) is 30.2. The Morgan fingerprint density at radius 1 is 0.675 bits per heavy atom. The first-order valence-corrected chi connectivity index (χ1v) is 14.2. The van der Waals surface area contributed by atoms with Crippen LogP contribution in [0.4, 0.5) is 26.3 Å². The van der Waals surface area contributed by atoms with E-state index >= 15 is 0 Å². The van der Waals surface area contributed by atoms with Gasteiger partial charge in [-0.1, -0.05) is 23.4 Å². The summed E-state index contributed by atoms with van der Waals surface area (Å²) < 4.78 is 89.4. The lowest BCUT2D eigenvalue weighted by Crippen LogP contribution is -2.09. The number of rotatable bonds is 9. The number of hydrogen-bond donors (Lipinski definition) is 0. The predicted molar refractivity (Wildman–Crippen MR) is 144 cm³/mol. The Morgan fingerprint density at radius 2 is 1.15 bits per heavy atom. The molecule has 0 saturated carbocycles. The van der Waals surface area contributed by atoms with E-state index < -0.39 is 34.4 Å². The molecule has 4 rings (SSSR count). The van der Waals surface area contributed by atoms with Gasteiger partial charge in [0.1, 0.15) is 12.4 Å². The van der Waals surface area contributed by atoms with Crippen molar-refractivity contribution in [1.82, 2.24) is 0 Å². The second-order valence-electron chi connectivity index (χ2n) is 8.36. The van der Waals surface area contributed by atoms with Crippen LogP contribution < -0.4 is 4.74 Å². The van der Waals surface area contributed by atoms with Crippen molar-refractivity contribution in [3.05, 3.63) is 107 Å². The van der Waals surface area contributed by atoms with E-state index in [0.717, 1.165) is 39.0 Å². The smallest absolute Gasteiger partial charge is 0.416 e. The van der Waals surface area contributed by atoms with E-state index in [1.54, 1.807) is 19.2 Å². The lowest BCUT2D eigenvalue weighted by Gasteiger charge is -2.12. The molecule has 40 heavy (non-hydrogen) atoms. The monoisotopic (exact) mass is 615 g/mol. The van der Waals surface area contributed by atoms with E-state index in [-0.39, 0.29) is 0 Å². The minimum atomic E-state index is -4.50. The van der Waals surface area contributed by atoms with Crippen molar-refractivity contribution >= 4 is 34.3 Å². The molecule has 0 bridgehead atoms. The van der Waals surface area contributed by atoms with Crippen LogP contribution in [0.3, 0.4) is 0 Å². The third-order valence-corrected chi connectivity index (χ3v) is 9.32. The molecule has 0 spiro atoms. The minimum absolute atomic E-state index is 0.389. The summed E-state index contributed by atoms with van der Waals surface area (Å²) in [5.41, 5.74) is -1.60. The maximum atomic E-state index is 13.1. The Kier molecular flexibility index (Phi) is 9.66. The number of hydrogen-bond acceptors (Lipinski definition) is 3. The molecule has 0 aliphatic heterocycles. The van der Waals surface area contributed by atoms with Crippen molar-refractivity contribution in [2.24, 2.45) is 0 Å². The van der Waals surface area contributed by atoms with Gasteiger partial charge < -0.3 is 9.47 Å². The molecule has 0 aromatic heterocycles. The zero-order chi connectivity index (χ0) is 28.9. The topological polar surface area (TPSA) is 18.5 Å². The fraction of sp³-hybridized carbons (Fsp3) is 0.172. The van der Waals surface area contributed by atoms with Crippen LogP contribution in [0.25, 0.3) is 0 Å². The van der Waals surface area contributed by atoms with E-state index in [2.05, 4.69) is 0 Å². The van der Waals surface area contributed by atoms with Gasteiger partial charge in [-0.25, -0.2) is 0 Å². The van der Waals surface area contributed by atoms with E-state index in [1.807, 2.05) is 30.3 Å². The van der Waals surface area contributed by atoms with Gasteiger partial charge in [0.05, 0.1) is 33.7 Å². The highest BCUT2D eigenvalue weighted by molar-refractivity contribution is 7.99. The summed E-state index contributed by atoms with van der Waals surface area (Å²) in [5.74, 6) is 0.610. The van der Waals surface area contributed by atoms with Gasteiger partial charge in [-0.05, 0) is 91.0 Å². The Balaban J connectivity index is 1.61. The number of ether oxygens (including phenoxy) is 2. The molecule has 0 N–H and O–H groups in total. The summed E-state index contributed by atoms with van der Waals surface area (Å²) in [4.78, 5) is 3.46. The zero-order valence-electron chi connectivity index (χ0n) is 20.9. The Labute approximate surface area is 239 Å². The molecule has 4 aromatic rings. The van der Waals surface area contributed by atoms with Gasteiger partial charge in [0.2, 0.25) is 0 Å². The highest BCUT2D eigenvalue weighted by Crippen LogP contribution is 2.39. The summed E-state index contributed by atoms with van der Waals surface area (Å²) in [5, 5.41) is 0.498. The molecule has 0 unspecified atom stereocenters. The molecule has 0 heterocycles. The van der Waals surface area contributed by atoms with E-state index in [9.17, 15) is 26.3 Å². The van der Waals surface area contributed by atoms with Crippen molar-refractivity contribution in [2.75, 3.05) is 20.3 Å². The summed E-state index contributed by atoms with van der Waals surface area (Å²) >= 11 is 7.85. The molecule has 0 aliphatic rings.